The molecule has 0 radical (unpaired) electrons. The van der Waals surface area contributed by atoms with Crippen molar-refractivity contribution in [2.75, 3.05) is 27.2 Å². The average molecular weight is 336 g/mol. The van der Waals surface area contributed by atoms with Crippen LogP contribution in [0, 0.1) is 0 Å². The lowest BCUT2D eigenvalue weighted by Gasteiger charge is -2.18. The lowest BCUT2D eigenvalue weighted by atomic mass is 10.00. The highest BCUT2D eigenvalue weighted by atomic mass is 35.5. The van der Waals surface area contributed by atoms with Crippen molar-refractivity contribution >= 4 is 11.6 Å². The van der Waals surface area contributed by atoms with Crippen LogP contribution >= 0.6 is 11.6 Å². The molecule has 1 atom stereocenters. The van der Waals surface area contributed by atoms with E-state index in [9.17, 15) is 0 Å². The smallest absolute Gasteiger partial charge is 0.112 e. The summed E-state index contributed by atoms with van der Waals surface area (Å²) in [5.74, 6) is 1.04. The van der Waals surface area contributed by atoms with Crippen LogP contribution < -0.4 is 0 Å². The molecule has 0 aliphatic rings. The van der Waals surface area contributed by atoms with Crippen molar-refractivity contribution in [1.29, 1.82) is 0 Å². The first kappa shape index (κ1) is 18.0. The van der Waals surface area contributed by atoms with Crippen molar-refractivity contribution in [1.82, 2.24) is 14.5 Å². The van der Waals surface area contributed by atoms with Gasteiger partial charge in [0.05, 0.1) is 6.10 Å². The number of imidazole rings is 1. The van der Waals surface area contributed by atoms with Gasteiger partial charge in [-0.15, -0.1) is 0 Å². The number of halogens is 1. The van der Waals surface area contributed by atoms with Crippen LogP contribution in [0.2, 0.25) is 5.02 Å². The van der Waals surface area contributed by atoms with Crippen molar-refractivity contribution in [3.63, 3.8) is 0 Å². The molecule has 0 aliphatic heterocycles. The number of hydrogen-bond donors (Lipinski definition) is 0. The van der Waals surface area contributed by atoms with Crippen molar-refractivity contribution in [3.8, 4) is 0 Å². The Morgan fingerprint density at radius 2 is 2.13 bits per heavy atom. The fourth-order valence-electron chi connectivity index (χ4n) is 2.57. The number of aryl methyl sites for hydroxylation is 1. The lowest BCUT2D eigenvalue weighted by Crippen LogP contribution is -2.15. The first-order valence-electron chi connectivity index (χ1n) is 7.98. The first-order chi connectivity index (χ1) is 11.0. The van der Waals surface area contributed by atoms with Gasteiger partial charge in [-0.2, -0.15) is 0 Å². The van der Waals surface area contributed by atoms with Crippen molar-refractivity contribution in [2.24, 2.45) is 7.05 Å². The van der Waals surface area contributed by atoms with E-state index in [1.807, 2.05) is 36.1 Å². The standard InChI is InChI=1S/C18H26ClN3O/c1-14(23-11-5-9-21(2)3)17-13-16(19)7-6-15(17)12-18-20-8-10-22(18)4/h6-8,10,13-14H,5,9,11-12H2,1-4H3. The maximum Gasteiger partial charge on any atom is 0.112 e. The normalized spacial score (nSPS) is 12.8. The summed E-state index contributed by atoms with van der Waals surface area (Å²) >= 11 is 6.19. The fourth-order valence-corrected chi connectivity index (χ4v) is 2.75. The van der Waals surface area contributed by atoms with Crippen molar-refractivity contribution < 1.29 is 4.74 Å². The van der Waals surface area contributed by atoms with E-state index in [4.69, 9.17) is 16.3 Å². The number of aromatic nitrogens is 2. The predicted molar refractivity (Wildman–Crippen MR) is 95.0 cm³/mol. The van der Waals surface area contributed by atoms with Gasteiger partial charge in [0.25, 0.3) is 0 Å². The van der Waals surface area contributed by atoms with Gasteiger partial charge in [-0.05, 0) is 57.2 Å². The minimum Gasteiger partial charge on any atom is -0.374 e. The van der Waals surface area contributed by atoms with Crippen LogP contribution in [-0.2, 0) is 18.2 Å². The molecule has 0 spiro atoms. The van der Waals surface area contributed by atoms with Crippen LogP contribution in [0.25, 0.3) is 0 Å². The maximum absolute atomic E-state index is 6.19. The highest BCUT2D eigenvalue weighted by molar-refractivity contribution is 6.30. The van der Waals surface area contributed by atoms with E-state index in [2.05, 4.69) is 37.0 Å². The molecule has 1 unspecified atom stereocenters. The van der Waals surface area contributed by atoms with E-state index < -0.39 is 0 Å². The van der Waals surface area contributed by atoms with Crippen LogP contribution in [0.5, 0.6) is 0 Å². The molecule has 1 aromatic heterocycles. The third-order valence-electron chi connectivity index (χ3n) is 3.93. The third kappa shape index (κ3) is 5.34. The second kappa shape index (κ2) is 8.48. The predicted octanol–water partition coefficient (Wildman–Crippen LogP) is 3.69. The van der Waals surface area contributed by atoms with Gasteiger partial charge < -0.3 is 14.2 Å². The quantitative estimate of drug-likeness (QED) is 0.689. The maximum atomic E-state index is 6.19. The number of nitrogens with zero attached hydrogens (tertiary/aromatic N) is 3. The van der Waals surface area contributed by atoms with E-state index in [-0.39, 0.29) is 6.10 Å². The monoisotopic (exact) mass is 335 g/mol. The van der Waals surface area contributed by atoms with Crippen LogP contribution in [0.3, 0.4) is 0 Å². The molecular weight excluding hydrogens is 310 g/mol. The summed E-state index contributed by atoms with van der Waals surface area (Å²) in [6, 6.07) is 6.02. The minimum absolute atomic E-state index is 0.0196. The summed E-state index contributed by atoms with van der Waals surface area (Å²) in [5, 5.41) is 0.743. The number of hydrogen-bond acceptors (Lipinski definition) is 3. The van der Waals surface area contributed by atoms with E-state index >= 15 is 0 Å². The van der Waals surface area contributed by atoms with Crippen molar-refractivity contribution in [2.45, 2.75) is 25.9 Å². The summed E-state index contributed by atoms with van der Waals surface area (Å²) in [4.78, 5) is 6.58. The molecule has 2 aromatic rings. The molecule has 0 fully saturated rings. The van der Waals surface area contributed by atoms with E-state index in [0.717, 1.165) is 42.4 Å². The summed E-state index contributed by atoms with van der Waals surface area (Å²) in [6.45, 7) is 3.86. The zero-order valence-electron chi connectivity index (χ0n) is 14.4. The average Bonchev–Trinajstić information content (AvgIpc) is 2.90. The lowest BCUT2D eigenvalue weighted by molar-refractivity contribution is 0.0602. The largest absolute Gasteiger partial charge is 0.374 e. The number of ether oxygens (including phenoxy) is 1. The molecule has 5 heteroatoms. The Morgan fingerprint density at radius 3 is 2.78 bits per heavy atom. The highest BCUT2D eigenvalue weighted by Gasteiger charge is 2.14. The van der Waals surface area contributed by atoms with Gasteiger partial charge in [0, 0.05) is 37.5 Å². The van der Waals surface area contributed by atoms with E-state index in [1.54, 1.807) is 0 Å². The van der Waals surface area contributed by atoms with Crippen LogP contribution in [-0.4, -0.2) is 41.7 Å². The molecule has 2 rings (SSSR count). The highest BCUT2D eigenvalue weighted by Crippen LogP contribution is 2.26. The molecule has 1 aromatic carbocycles. The van der Waals surface area contributed by atoms with Gasteiger partial charge in [-0.3, -0.25) is 0 Å². The molecule has 0 N–H and O–H groups in total. The molecule has 1 heterocycles. The Hall–Kier alpha value is -1.36. The van der Waals surface area contributed by atoms with Gasteiger partial charge in [0.15, 0.2) is 0 Å². The number of rotatable bonds is 8. The molecule has 0 amide bonds. The Kier molecular flexibility index (Phi) is 6.63. The molecule has 0 saturated heterocycles. The summed E-state index contributed by atoms with van der Waals surface area (Å²) in [7, 11) is 6.16. The molecule has 0 aliphatic carbocycles. The first-order valence-corrected chi connectivity index (χ1v) is 8.36. The topological polar surface area (TPSA) is 30.3 Å². The number of benzene rings is 1. The van der Waals surface area contributed by atoms with Crippen LogP contribution in [0.4, 0.5) is 0 Å². The van der Waals surface area contributed by atoms with Crippen LogP contribution in [0.15, 0.2) is 30.6 Å². The molecule has 0 saturated carbocycles. The van der Waals surface area contributed by atoms with Gasteiger partial charge >= 0.3 is 0 Å². The zero-order valence-corrected chi connectivity index (χ0v) is 15.2. The zero-order chi connectivity index (χ0) is 16.8. The second-order valence-corrected chi connectivity index (χ2v) is 6.58. The van der Waals surface area contributed by atoms with Gasteiger partial charge in [0.1, 0.15) is 5.82 Å². The molecule has 23 heavy (non-hydrogen) atoms. The fraction of sp³-hybridized carbons (Fsp3) is 0.500. The summed E-state index contributed by atoms with van der Waals surface area (Å²) in [6.07, 6.45) is 5.61. The molecule has 126 valence electrons. The van der Waals surface area contributed by atoms with Crippen LogP contribution in [0.1, 0.15) is 36.4 Å². The Labute approximate surface area is 144 Å². The van der Waals surface area contributed by atoms with Gasteiger partial charge in [0.2, 0.25) is 0 Å². The molecular formula is C18H26ClN3O. The summed E-state index contributed by atoms with van der Waals surface area (Å²) < 4.78 is 8.05. The third-order valence-corrected chi connectivity index (χ3v) is 4.17. The van der Waals surface area contributed by atoms with Gasteiger partial charge in [-0.1, -0.05) is 17.7 Å². The Balaban J connectivity index is 2.07. The Morgan fingerprint density at radius 1 is 1.35 bits per heavy atom. The SMILES string of the molecule is CC(OCCCN(C)C)c1cc(Cl)ccc1Cc1nccn1C. The van der Waals surface area contributed by atoms with E-state index in [0.29, 0.717) is 0 Å². The summed E-state index contributed by atoms with van der Waals surface area (Å²) in [5.41, 5.74) is 2.36. The molecule has 4 nitrogen and oxygen atoms in total. The van der Waals surface area contributed by atoms with Crippen molar-refractivity contribution in [3.05, 3.63) is 52.6 Å². The van der Waals surface area contributed by atoms with E-state index in [1.165, 1.54) is 5.56 Å². The van der Waals surface area contributed by atoms with Gasteiger partial charge in [-0.25, -0.2) is 4.98 Å². The minimum atomic E-state index is 0.0196. The second-order valence-electron chi connectivity index (χ2n) is 6.14. The molecule has 0 bridgehead atoms. The Bertz CT molecular complexity index is 624.